The summed E-state index contributed by atoms with van der Waals surface area (Å²) < 4.78 is 7.17. The van der Waals surface area contributed by atoms with Crippen LogP contribution in [0.25, 0.3) is 0 Å². The van der Waals surface area contributed by atoms with Crippen LogP contribution in [0.4, 0.5) is 0 Å². The lowest BCUT2D eigenvalue weighted by Crippen LogP contribution is -2.62. The quantitative estimate of drug-likeness (QED) is 0.495. The summed E-state index contributed by atoms with van der Waals surface area (Å²) in [6, 6.07) is 1.18. The van der Waals surface area contributed by atoms with E-state index in [4.69, 9.17) is 4.74 Å². The number of rotatable bonds is 4. The standard InChI is InChI=1S/C19H36N2O6Si2/c1-17(2,3)28(7)14(24)12-13(23)19(26,29(8)18(4,5)6)15(27-12)21-10-9-11(22)20-16(21)25/h9-10,12-15,23-24,26,28-29H,1-8H3,(H,20,22,25)/t12-,13+,14?,15+,19-,28?,29?/m0/s1. The number of ether oxygens (including phenoxy) is 1. The summed E-state index contributed by atoms with van der Waals surface area (Å²) in [5.41, 5.74) is -2.19. The fourth-order valence-electron chi connectivity index (χ4n) is 3.87. The molecule has 0 spiro atoms. The van der Waals surface area contributed by atoms with Crippen molar-refractivity contribution in [3.8, 4) is 0 Å². The van der Waals surface area contributed by atoms with E-state index in [0.717, 1.165) is 4.57 Å². The van der Waals surface area contributed by atoms with Crippen LogP contribution in [-0.4, -0.2) is 65.6 Å². The van der Waals surface area contributed by atoms with E-state index in [1.165, 1.54) is 12.3 Å². The van der Waals surface area contributed by atoms with Gasteiger partial charge in [-0.25, -0.2) is 4.79 Å². The van der Waals surface area contributed by atoms with Gasteiger partial charge in [0.15, 0.2) is 6.23 Å². The summed E-state index contributed by atoms with van der Waals surface area (Å²) >= 11 is 0. The molecule has 166 valence electrons. The average Bonchev–Trinajstić information content (AvgIpc) is 2.84. The van der Waals surface area contributed by atoms with Crippen molar-refractivity contribution in [1.29, 1.82) is 0 Å². The smallest absolute Gasteiger partial charge is 0.330 e. The Balaban J connectivity index is 2.60. The molecule has 3 unspecified atom stereocenters. The molecule has 1 aliphatic heterocycles. The predicted octanol–water partition coefficient (Wildman–Crippen LogP) is 0.279. The first kappa shape index (κ1) is 24.2. The van der Waals surface area contributed by atoms with Crippen molar-refractivity contribution in [1.82, 2.24) is 9.55 Å². The van der Waals surface area contributed by atoms with E-state index in [-0.39, 0.29) is 10.1 Å². The number of hydrogen-bond donors (Lipinski definition) is 4. The highest BCUT2D eigenvalue weighted by molar-refractivity contribution is 6.64. The lowest BCUT2D eigenvalue weighted by molar-refractivity contribution is -0.0762. The highest BCUT2D eigenvalue weighted by Gasteiger charge is 2.63. The molecule has 8 nitrogen and oxygen atoms in total. The Kier molecular flexibility index (Phi) is 6.60. The van der Waals surface area contributed by atoms with Crippen molar-refractivity contribution in [2.45, 2.75) is 94.1 Å². The van der Waals surface area contributed by atoms with Crippen LogP contribution in [0.15, 0.2) is 21.9 Å². The van der Waals surface area contributed by atoms with Crippen LogP contribution in [0.5, 0.6) is 0 Å². The van der Waals surface area contributed by atoms with Gasteiger partial charge in [-0.2, -0.15) is 0 Å². The van der Waals surface area contributed by atoms with E-state index in [2.05, 4.69) is 4.98 Å². The Morgan fingerprint density at radius 2 is 1.72 bits per heavy atom. The third-order valence-corrected chi connectivity index (χ3v) is 15.5. The minimum absolute atomic E-state index is 0.124. The molecule has 0 aromatic carbocycles. The fourth-order valence-corrected chi connectivity index (χ4v) is 8.52. The maximum absolute atomic E-state index is 12.5. The maximum Gasteiger partial charge on any atom is 0.330 e. The lowest BCUT2D eigenvalue weighted by atomic mass is 10.1. The normalized spacial score (nSPS) is 31.5. The zero-order valence-corrected chi connectivity index (χ0v) is 20.9. The van der Waals surface area contributed by atoms with Gasteiger partial charge in [0.05, 0.1) is 23.3 Å². The van der Waals surface area contributed by atoms with Crippen molar-refractivity contribution in [3.63, 3.8) is 0 Å². The molecule has 2 rings (SSSR count). The van der Waals surface area contributed by atoms with Gasteiger partial charge in [-0.3, -0.25) is 14.3 Å². The molecule has 0 radical (unpaired) electrons. The molecule has 1 saturated heterocycles. The Bertz CT molecular complexity index is 843. The van der Waals surface area contributed by atoms with Crippen molar-refractivity contribution in [2.75, 3.05) is 0 Å². The van der Waals surface area contributed by atoms with Crippen LogP contribution in [0, 0.1) is 0 Å². The topological polar surface area (TPSA) is 125 Å². The van der Waals surface area contributed by atoms with E-state index < -0.39 is 58.2 Å². The Morgan fingerprint density at radius 3 is 2.17 bits per heavy atom. The zero-order valence-electron chi connectivity index (χ0n) is 18.6. The molecule has 0 saturated carbocycles. The van der Waals surface area contributed by atoms with Crippen molar-refractivity contribution < 1.29 is 20.1 Å². The number of nitrogens with zero attached hydrogens (tertiary/aromatic N) is 1. The summed E-state index contributed by atoms with van der Waals surface area (Å²) in [6.07, 6.45) is -2.28. The Labute approximate surface area is 174 Å². The predicted molar refractivity (Wildman–Crippen MR) is 118 cm³/mol. The molecule has 10 heteroatoms. The highest BCUT2D eigenvalue weighted by Crippen LogP contribution is 2.47. The molecule has 1 aliphatic rings. The first-order chi connectivity index (χ1) is 13.0. The molecular weight excluding hydrogens is 408 g/mol. The third-order valence-electron chi connectivity index (χ3n) is 6.78. The minimum atomic E-state index is -2.20. The zero-order chi connectivity index (χ0) is 22.5. The Morgan fingerprint density at radius 1 is 1.17 bits per heavy atom. The monoisotopic (exact) mass is 444 g/mol. The van der Waals surface area contributed by atoms with Gasteiger partial charge in [0.25, 0.3) is 5.56 Å². The molecule has 7 atom stereocenters. The maximum atomic E-state index is 12.5. The van der Waals surface area contributed by atoms with Gasteiger partial charge in [0.1, 0.15) is 17.4 Å². The Hall–Kier alpha value is -1.05. The molecule has 1 fully saturated rings. The lowest BCUT2D eigenvalue weighted by Gasteiger charge is -2.42. The van der Waals surface area contributed by atoms with Crippen molar-refractivity contribution in [2.24, 2.45) is 0 Å². The number of aromatic amines is 1. The van der Waals surface area contributed by atoms with Crippen molar-refractivity contribution in [3.05, 3.63) is 33.1 Å². The van der Waals surface area contributed by atoms with Gasteiger partial charge in [-0.1, -0.05) is 54.6 Å². The van der Waals surface area contributed by atoms with E-state index in [1.807, 2.05) is 54.6 Å². The number of aromatic nitrogens is 2. The summed E-state index contributed by atoms with van der Waals surface area (Å²) in [6.45, 7) is 16.0. The van der Waals surface area contributed by atoms with Gasteiger partial charge < -0.3 is 20.1 Å². The van der Waals surface area contributed by atoms with E-state index in [1.54, 1.807) is 0 Å². The number of H-pyrrole nitrogens is 1. The average molecular weight is 445 g/mol. The fraction of sp³-hybridized carbons (Fsp3) is 0.789. The second-order valence-corrected chi connectivity index (χ2v) is 18.6. The summed E-state index contributed by atoms with van der Waals surface area (Å²) in [4.78, 5) is 26.1. The molecular formula is C19H36N2O6Si2. The van der Waals surface area contributed by atoms with Gasteiger partial charge in [0.2, 0.25) is 0 Å². The molecule has 2 heterocycles. The van der Waals surface area contributed by atoms with Gasteiger partial charge in [0, 0.05) is 12.3 Å². The summed E-state index contributed by atoms with van der Waals surface area (Å²) in [5.74, 6) is 0. The molecule has 29 heavy (non-hydrogen) atoms. The number of nitrogens with one attached hydrogen (secondary N) is 1. The molecule has 0 bridgehead atoms. The molecule has 1 aromatic rings. The van der Waals surface area contributed by atoms with Crippen molar-refractivity contribution >= 4 is 17.6 Å². The van der Waals surface area contributed by atoms with E-state index in [9.17, 15) is 24.9 Å². The first-order valence-corrected chi connectivity index (χ1v) is 14.8. The molecule has 0 aliphatic carbocycles. The first-order valence-electron chi connectivity index (χ1n) is 10.1. The minimum Gasteiger partial charge on any atom is -0.394 e. The molecule has 0 amide bonds. The number of aliphatic hydroxyl groups is 3. The van der Waals surface area contributed by atoms with E-state index >= 15 is 0 Å². The molecule has 4 N–H and O–H groups in total. The van der Waals surface area contributed by atoms with Crippen LogP contribution in [0.1, 0.15) is 47.8 Å². The van der Waals surface area contributed by atoms with Crippen LogP contribution in [0.3, 0.4) is 0 Å². The number of hydrogen-bond acceptors (Lipinski definition) is 6. The second kappa shape index (κ2) is 7.90. The van der Waals surface area contributed by atoms with Crippen LogP contribution < -0.4 is 11.2 Å². The third kappa shape index (κ3) is 4.37. The second-order valence-electron chi connectivity index (χ2n) is 10.5. The summed E-state index contributed by atoms with van der Waals surface area (Å²) in [7, 11) is -4.02. The highest BCUT2D eigenvalue weighted by atomic mass is 28.3. The number of aliphatic hydroxyl groups excluding tert-OH is 2. The van der Waals surface area contributed by atoms with E-state index in [0.29, 0.717) is 0 Å². The van der Waals surface area contributed by atoms with Crippen LogP contribution in [-0.2, 0) is 4.74 Å². The van der Waals surface area contributed by atoms with Crippen LogP contribution >= 0.6 is 0 Å². The SMILES string of the molecule is C[SiH](C(O)[C@H]1O[C@@H](n2ccc(=O)[nH]c2=O)[C@@](O)([SiH](C)C(C)(C)C)[C@@H]1O)C(C)(C)C. The van der Waals surface area contributed by atoms with Gasteiger partial charge >= 0.3 is 5.69 Å². The van der Waals surface area contributed by atoms with Crippen LogP contribution in [0.2, 0.25) is 23.2 Å². The van der Waals surface area contributed by atoms with Gasteiger partial charge in [-0.05, 0) is 10.1 Å². The largest absolute Gasteiger partial charge is 0.394 e. The van der Waals surface area contributed by atoms with Gasteiger partial charge in [-0.15, -0.1) is 0 Å². The molecule has 1 aromatic heterocycles. The summed E-state index contributed by atoms with van der Waals surface area (Å²) in [5, 5.41) is 32.0.